The van der Waals surface area contributed by atoms with Gasteiger partial charge in [0.15, 0.2) is 0 Å². The summed E-state index contributed by atoms with van der Waals surface area (Å²) < 4.78 is 15.9. The number of hydrogen-bond acceptors (Lipinski definition) is 5. The average Bonchev–Trinajstić information content (AvgIpc) is 3.51. The van der Waals surface area contributed by atoms with Crippen molar-refractivity contribution in [1.82, 2.24) is 15.1 Å². The van der Waals surface area contributed by atoms with E-state index in [0.29, 0.717) is 27.4 Å². The first-order chi connectivity index (χ1) is 18.9. The Morgan fingerprint density at radius 2 is 1.87 bits per heavy atom. The van der Waals surface area contributed by atoms with Crippen molar-refractivity contribution in [1.29, 1.82) is 0 Å². The molecule has 0 aliphatic heterocycles. The van der Waals surface area contributed by atoms with Crippen LogP contribution in [0.1, 0.15) is 46.1 Å². The van der Waals surface area contributed by atoms with Crippen molar-refractivity contribution < 1.29 is 19.1 Å². The predicted octanol–water partition coefficient (Wildman–Crippen LogP) is 6.89. The van der Waals surface area contributed by atoms with Gasteiger partial charge in [-0.1, -0.05) is 36.8 Å². The van der Waals surface area contributed by atoms with Crippen molar-refractivity contribution in [2.45, 2.75) is 31.7 Å². The number of thiophene rings is 1. The molecule has 1 fully saturated rings. The number of amides is 2. The van der Waals surface area contributed by atoms with Crippen LogP contribution in [0.5, 0.6) is 5.75 Å². The number of phenols is 1. The highest BCUT2D eigenvalue weighted by Crippen LogP contribution is 2.39. The first kappa shape index (κ1) is 24.8. The van der Waals surface area contributed by atoms with E-state index in [1.807, 2.05) is 36.4 Å². The van der Waals surface area contributed by atoms with Gasteiger partial charge in [-0.15, -0.1) is 11.3 Å². The van der Waals surface area contributed by atoms with Crippen LogP contribution >= 0.6 is 11.3 Å². The van der Waals surface area contributed by atoms with Crippen molar-refractivity contribution in [3.05, 3.63) is 101 Å². The molecular formula is C30H25FN4O3S. The van der Waals surface area contributed by atoms with Gasteiger partial charge in [0.1, 0.15) is 11.6 Å². The van der Waals surface area contributed by atoms with Gasteiger partial charge in [0.05, 0.1) is 16.3 Å². The number of carbonyl (C=O) groups excluding carboxylic acids is 2. The third kappa shape index (κ3) is 5.13. The Bertz CT molecular complexity index is 1670. The number of nitrogens with zero attached hydrogens (tertiary/aromatic N) is 2. The zero-order valence-electron chi connectivity index (χ0n) is 20.9. The fourth-order valence-electron chi connectivity index (χ4n) is 4.70. The summed E-state index contributed by atoms with van der Waals surface area (Å²) in [5.74, 6) is -0.477. The Morgan fingerprint density at radius 1 is 1.03 bits per heavy atom. The van der Waals surface area contributed by atoms with Gasteiger partial charge in [0.2, 0.25) is 0 Å². The normalized spacial score (nSPS) is 13.3. The molecule has 7 nitrogen and oxygen atoms in total. The third-order valence-electron chi connectivity index (χ3n) is 6.97. The molecule has 39 heavy (non-hydrogen) atoms. The largest absolute Gasteiger partial charge is 0.507 e. The summed E-state index contributed by atoms with van der Waals surface area (Å²) in [6, 6.07) is 22.0. The van der Waals surface area contributed by atoms with Gasteiger partial charge in [0, 0.05) is 34.5 Å². The van der Waals surface area contributed by atoms with Crippen LogP contribution < -0.4 is 10.6 Å². The Labute approximate surface area is 227 Å². The van der Waals surface area contributed by atoms with Crippen molar-refractivity contribution >= 4 is 39.0 Å². The number of benzene rings is 3. The number of halogens is 1. The van der Waals surface area contributed by atoms with Crippen LogP contribution in [-0.4, -0.2) is 26.8 Å². The lowest BCUT2D eigenvalue weighted by Crippen LogP contribution is -2.31. The molecule has 2 heterocycles. The van der Waals surface area contributed by atoms with Gasteiger partial charge in [-0.05, 0) is 66.3 Å². The van der Waals surface area contributed by atoms with Crippen LogP contribution in [0.25, 0.3) is 21.3 Å². The minimum absolute atomic E-state index is 0.0610. The van der Waals surface area contributed by atoms with Gasteiger partial charge in [-0.25, -0.2) is 9.18 Å². The summed E-state index contributed by atoms with van der Waals surface area (Å²) in [7, 11) is 0. The highest BCUT2D eigenvalue weighted by atomic mass is 32.1. The smallest absolute Gasteiger partial charge is 0.342 e. The average molecular weight is 541 g/mol. The summed E-state index contributed by atoms with van der Waals surface area (Å²) in [6.07, 6.45) is 2.99. The molecule has 3 aromatic carbocycles. The molecule has 0 atom stereocenters. The maximum atomic E-state index is 13.5. The lowest BCUT2D eigenvalue weighted by Gasteiger charge is -2.25. The van der Waals surface area contributed by atoms with E-state index < -0.39 is 6.03 Å². The monoisotopic (exact) mass is 540 g/mol. The van der Waals surface area contributed by atoms with Crippen LogP contribution in [0.15, 0.2) is 78.9 Å². The molecule has 196 valence electrons. The first-order valence-corrected chi connectivity index (χ1v) is 13.5. The van der Waals surface area contributed by atoms with E-state index in [1.165, 1.54) is 34.2 Å². The number of carbonyl (C=O) groups is 2. The van der Waals surface area contributed by atoms with E-state index in [2.05, 4.69) is 15.7 Å². The van der Waals surface area contributed by atoms with E-state index in [1.54, 1.807) is 24.3 Å². The standard InChI is InChI=1S/C30H25FN4O3S/c31-21-9-3-5-18(13-21)17-32-30(38)35-25(19-7-4-8-19)16-24(34-35)23-12-11-22(15-26(23)36)33-29(37)28-14-20-6-1-2-10-27(20)39-28/h1-3,5-6,9-16,19,36H,4,7-8,17H2,(H,32,38)(H,33,37). The quantitative estimate of drug-likeness (QED) is 0.219. The van der Waals surface area contributed by atoms with Gasteiger partial charge in [-0.3, -0.25) is 4.79 Å². The van der Waals surface area contributed by atoms with E-state index in [-0.39, 0.29) is 29.9 Å². The van der Waals surface area contributed by atoms with Crippen molar-refractivity contribution in [2.75, 3.05) is 5.32 Å². The predicted molar refractivity (Wildman–Crippen MR) is 150 cm³/mol. The molecule has 0 saturated heterocycles. The number of nitrogens with one attached hydrogen (secondary N) is 2. The summed E-state index contributed by atoms with van der Waals surface area (Å²) in [6.45, 7) is 0.162. The number of fused-ring (bicyclic) bond motifs is 1. The lowest BCUT2D eigenvalue weighted by atomic mass is 9.82. The summed E-state index contributed by atoms with van der Waals surface area (Å²) in [4.78, 5) is 26.4. The summed E-state index contributed by atoms with van der Waals surface area (Å²) >= 11 is 1.41. The molecule has 2 amide bonds. The Hall–Kier alpha value is -4.50. The second kappa shape index (κ2) is 10.3. The Balaban J connectivity index is 1.21. The van der Waals surface area contributed by atoms with Crippen LogP contribution in [0.3, 0.4) is 0 Å². The van der Waals surface area contributed by atoms with E-state index >= 15 is 0 Å². The highest BCUT2D eigenvalue weighted by molar-refractivity contribution is 7.20. The first-order valence-electron chi connectivity index (χ1n) is 12.7. The number of aromatic nitrogens is 2. The summed E-state index contributed by atoms with van der Waals surface area (Å²) in [5, 5.41) is 22.0. The van der Waals surface area contributed by atoms with E-state index in [4.69, 9.17) is 0 Å². The highest BCUT2D eigenvalue weighted by Gasteiger charge is 2.27. The molecule has 0 radical (unpaired) electrons. The third-order valence-corrected chi connectivity index (χ3v) is 8.08. The molecule has 1 saturated carbocycles. The number of anilines is 1. The summed E-state index contributed by atoms with van der Waals surface area (Å²) in [5.41, 5.74) is 2.77. The maximum Gasteiger partial charge on any atom is 0.342 e. The van der Waals surface area contributed by atoms with E-state index in [9.17, 15) is 19.1 Å². The number of hydrogen-bond donors (Lipinski definition) is 3. The molecule has 0 bridgehead atoms. The zero-order chi connectivity index (χ0) is 26.9. The van der Waals surface area contributed by atoms with Gasteiger partial charge < -0.3 is 15.7 Å². The van der Waals surface area contributed by atoms with Crippen LogP contribution in [0.4, 0.5) is 14.9 Å². The Kier molecular flexibility index (Phi) is 6.58. The van der Waals surface area contributed by atoms with Crippen molar-refractivity contribution in [2.24, 2.45) is 0 Å². The molecule has 0 unspecified atom stereocenters. The zero-order valence-corrected chi connectivity index (χ0v) is 21.7. The van der Waals surface area contributed by atoms with Crippen LogP contribution in [0.2, 0.25) is 0 Å². The lowest BCUT2D eigenvalue weighted by molar-refractivity contribution is 0.103. The van der Waals surface area contributed by atoms with Crippen molar-refractivity contribution in [3.8, 4) is 17.0 Å². The molecule has 1 aliphatic rings. The molecule has 2 aromatic heterocycles. The fourth-order valence-corrected chi connectivity index (χ4v) is 5.65. The Morgan fingerprint density at radius 3 is 2.62 bits per heavy atom. The number of phenolic OH excluding ortho intramolecular Hbond substituents is 1. The molecule has 6 rings (SSSR count). The second-order valence-electron chi connectivity index (χ2n) is 9.62. The maximum absolute atomic E-state index is 13.5. The van der Waals surface area contributed by atoms with Crippen molar-refractivity contribution in [3.63, 3.8) is 0 Å². The molecule has 0 spiro atoms. The fraction of sp³-hybridized carbons (Fsp3) is 0.167. The van der Waals surface area contributed by atoms with Gasteiger partial charge in [-0.2, -0.15) is 9.78 Å². The molecule has 5 aromatic rings. The molecule has 1 aliphatic carbocycles. The van der Waals surface area contributed by atoms with Crippen LogP contribution in [-0.2, 0) is 6.54 Å². The minimum atomic E-state index is -0.417. The van der Waals surface area contributed by atoms with E-state index in [0.717, 1.165) is 35.0 Å². The molecule has 9 heteroatoms. The number of aromatic hydroxyl groups is 1. The molecule has 3 N–H and O–H groups in total. The van der Waals surface area contributed by atoms with Gasteiger partial charge >= 0.3 is 6.03 Å². The van der Waals surface area contributed by atoms with Gasteiger partial charge in [0.25, 0.3) is 5.91 Å². The number of rotatable bonds is 6. The van der Waals surface area contributed by atoms with Crippen LogP contribution in [0, 0.1) is 5.82 Å². The molecular weight excluding hydrogens is 515 g/mol. The minimum Gasteiger partial charge on any atom is -0.507 e. The second-order valence-corrected chi connectivity index (χ2v) is 10.7. The topological polar surface area (TPSA) is 96.3 Å². The SMILES string of the molecule is O=C(Nc1ccc(-c2cc(C3CCC3)n(C(=O)NCc3cccc(F)c3)n2)c(O)c1)c1cc2ccccc2s1.